The molecule has 0 spiro atoms. The molecule has 4 aromatic rings. The molecule has 0 N–H and O–H groups in total. The van der Waals surface area contributed by atoms with Crippen molar-refractivity contribution in [1.29, 1.82) is 0 Å². The van der Waals surface area contributed by atoms with Crippen LogP contribution in [0.2, 0.25) is 0 Å². The zero-order valence-electron chi connectivity index (χ0n) is 21.8. The second-order valence-electron chi connectivity index (χ2n) is 10.4. The van der Waals surface area contributed by atoms with E-state index in [-0.39, 0.29) is 22.5 Å². The van der Waals surface area contributed by atoms with Crippen molar-refractivity contribution in [3.05, 3.63) is 105 Å². The quantitative estimate of drug-likeness (QED) is 0.332. The molecule has 6 heteroatoms. The SMILES string of the molecule is COc1ccc(CCN2C(=O)c3oc4ccccc4c(=O)c3C2c2ccc(C(C)(C)C)cc2)cc1OC. The van der Waals surface area contributed by atoms with Crippen molar-refractivity contribution in [2.24, 2.45) is 0 Å². The molecule has 1 unspecified atom stereocenters. The Morgan fingerprint density at radius 3 is 2.27 bits per heavy atom. The number of para-hydroxylation sites is 1. The smallest absolute Gasteiger partial charge is 0.290 e. The highest BCUT2D eigenvalue weighted by atomic mass is 16.5. The lowest BCUT2D eigenvalue weighted by Gasteiger charge is -2.26. The summed E-state index contributed by atoms with van der Waals surface area (Å²) in [7, 11) is 3.20. The van der Waals surface area contributed by atoms with Gasteiger partial charge < -0.3 is 18.8 Å². The number of rotatable bonds is 6. The number of fused-ring (bicyclic) bond motifs is 2. The molecule has 0 saturated carbocycles. The standard InChI is InChI=1S/C31H31NO5/c1-31(2,3)21-13-11-20(12-14-21)27-26-28(33)22-8-6-7-9-23(22)37-29(26)30(34)32(27)17-16-19-10-15-24(35-4)25(18-19)36-5/h6-15,18,27H,16-17H2,1-5H3. The Labute approximate surface area is 216 Å². The summed E-state index contributed by atoms with van der Waals surface area (Å²) >= 11 is 0. The Kier molecular flexibility index (Phi) is 6.28. The fourth-order valence-corrected chi connectivity index (χ4v) is 5.00. The highest BCUT2D eigenvalue weighted by Crippen LogP contribution is 2.39. The summed E-state index contributed by atoms with van der Waals surface area (Å²) in [4.78, 5) is 29.1. The maximum atomic E-state index is 13.7. The van der Waals surface area contributed by atoms with Gasteiger partial charge in [0, 0.05) is 6.54 Å². The van der Waals surface area contributed by atoms with E-state index in [1.54, 1.807) is 37.3 Å². The summed E-state index contributed by atoms with van der Waals surface area (Å²) in [5.41, 5.74) is 3.71. The molecule has 1 aliphatic rings. The lowest BCUT2D eigenvalue weighted by atomic mass is 9.86. The van der Waals surface area contributed by atoms with E-state index in [0.29, 0.717) is 41.0 Å². The van der Waals surface area contributed by atoms with Crippen LogP contribution in [0.25, 0.3) is 11.0 Å². The zero-order chi connectivity index (χ0) is 26.3. The predicted octanol–water partition coefficient (Wildman–Crippen LogP) is 5.90. The van der Waals surface area contributed by atoms with Crippen LogP contribution in [0, 0.1) is 0 Å². The van der Waals surface area contributed by atoms with Gasteiger partial charge in [-0.05, 0) is 52.8 Å². The molecule has 3 aromatic carbocycles. The second kappa shape index (κ2) is 9.43. The van der Waals surface area contributed by atoms with Crippen molar-refractivity contribution in [3.63, 3.8) is 0 Å². The van der Waals surface area contributed by atoms with Crippen LogP contribution in [0.1, 0.15) is 59.6 Å². The lowest BCUT2D eigenvalue weighted by Crippen LogP contribution is -2.31. The van der Waals surface area contributed by atoms with Crippen molar-refractivity contribution in [2.75, 3.05) is 20.8 Å². The van der Waals surface area contributed by atoms with Crippen molar-refractivity contribution in [3.8, 4) is 11.5 Å². The van der Waals surface area contributed by atoms with Gasteiger partial charge in [0.1, 0.15) is 5.58 Å². The maximum absolute atomic E-state index is 13.7. The molecule has 37 heavy (non-hydrogen) atoms. The number of amides is 1. The first-order chi connectivity index (χ1) is 17.7. The minimum Gasteiger partial charge on any atom is -0.493 e. The van der Waals surface area contributed by atoms with Crippen molar-refractivity contribution < 1.29 is 18.7 Å². The number of benzene rings is 3. The number of ether oxygens (including phenoxy) is 2. The molecular weight excluding hydrogens is 466 g/mol. The number of carbonyl (C=O) groups excluding carboxylic acids is 1. The third kappa shape index (κ3) is 4.37. The molecule has 6 nitrogen and oxygen atoms in total. The monoisotopic (exact) mass is 497 g/mol. The maximum Gasteiger partial charge on any atom is 0.290 e. The largest absolute Gasteiger partial charge is 0.493 e. The summed E-state index contributed by atoms with van der Waals surface area (Å²) in [6.45, 7) is 6.88. The van der Waals surface area contributed by atoms with Crippen LogP contribution in [-0.2, 0) is 11.8 Å². The summed E-state index contributed by atoms with van der Waals surface area (Å²) in [6.07, 6.45) is 0.574. The molecule has 1 atom stereocenters. The predicted molar refractivity (Wildman–Crippen MR) is 144 cm³/mol. The molecule has 5 rings (SSSR count). The summed E-state index contributed by atoms with van der Waals surface area (Å²) in [5, 5.41) is 0.479. The molecule has 0 saturated heterocycles. The number of hydrogen-bond acceptors (Lipinski definition) is 5. The Morgan fingerprint density at radius 1 is 0.892 bits per heavy atom. The molecule has 0 fully saturated rings. The van der Waals surface area contributed by atoms with Gasteiger partial charge in [-0.15, -0.1) is 0 Å². The van der Waals surface area contributed by atoms with Crippen LogP contribution in [0.4, 0.5) is 0 Å². The Bertz CT molecular complexity index is 1530. The Morgan fingerprint density at radius 2 is 1.59 bits per heavy atom. The molecular formula is C31H31NO5. The van der Waals surface area contributed by atoms with Crippen LogP contribution in [0.5, 0.6) is 11.5 Å². The third-order valence-corrected chi connectivity index (χ3v) is 7.05. The molecule has 1 amide bonds. The molecule has 0 aliphatic carbocycles. The van der Waals surface area contributed by atoms with Gasteiger partial charge in [-0.2, -0.15) is 0 Å². The normalized spacial score (nSPS) is 15.2. The van der Waals surface area contributed by atoms with Gasteiger partial charge in [-0.1, -0.05) is 63.2 Å². The number of methoxy groups -OCH3 is 2. The molecule has 1 aliphatic heterocycles. The first-order valence-electron chi connectivity index (χ1n) is 12.4. The van der Waals surface area contributed by atoms with E-state index in [9.17, 15) is 9.59 Å². The molecule has 0 bridgehead atoms. The van der Waals surface area contributed by atoms with Crippen LogP contribution in [-0.4, -0.2) is 31.6 Å². The second-order valence-corrected chi connectivity index (χ2v) is 10.4. The van der Waals surface area contributed by atoms with E-state index in [1.165, 1.54) is 5.56 Å². The van der Waals surface area contributed by atoms with E-state index in [1.807, 2.05) is 36.4 Å². The summed E-state index contributed by atoms with van der Waals surface area (Å²) in [6, 6.07) is 20.5. The Balaban J connectivity index is 1.58. The van der Waals surface area contributed by atoms with Crippen LogP contribution in [0.3, 0.4) is 0 Å². The van der Waals surface area contributed by atoms with Gasteiger partial charge in [0.25, 0.3) is 5.91 Å². The molecule has 0 radical (unpaired) electrons. The highest BCUT2D eigenvalue weighted by molar-refractivity contribution is 5.99. The first kappa shape index (κ1) is 24.6. The molecule has 2 heterocycles. The Hall–Kier alpha value is -4.06. The lowest BCUT2D eigenvalue weighted by molar-refractivity contribution is 0.0730. The van der Waals surface area contributed by atoms with Gasteiger partial charge in [0.2, 0.25) is 5.76 Å². The molecule has 190 valence electrons. The van der Waals surface area contributed by atoms with Gasteiger partial charge >= 0.3 is 0 Å². The zero-order valence-corrected chi connectivity index (χ0v) is 21.8. The van der Waals surface area contributed by atoms with E-state index in [4.69, 9.17) is 13.9 Å². The van der Waals surface area contributed by atoms with E-state index < -0.39 is 6.04 Å². The van der Waals surface area contributed by atoms with Gasteiger partial charge in [-0.25, -0.2) is 0 Å². The number of nitrogens with zero attached hydrogens (tertiary/aromatic N) is 1. The van der Waals surface area contributed by atoms with E-state index >= 15 is 0 Å². The fraction of sp³-hybridized carbons (Fsp3) is 0.290. The van der Waals surface area contributed by atoms with Crippen molar-refractivity contribution >= 4 is 16.9 Å². The van der Waals surface area contributed by atoms with Gasteiger partial charge in [-0.3, -0.25) is 9.59 Å². The van der Waals surface area contributed by atoms with Crippen molar-refractivity contribution in [1.82, 2.24) is 4.90 Å². The van der Waals surface area contributed by atoms with Gasteiger partial charge in [0.15, 0.2) is 16.9 Å². The topological polar surface area (TPSA) is 69.0 Å². The van der Waals surface area contributed by atoms with Crippen molar-refractivity contribution in [2.45, 2.75) is 38.6 Å². The fourth-order valence-electron chi connectivity index (χ4n) is 5.00. The van der Waals surface area contributed by atoms with Crippen LogP contribution >= 0.6 is 0 Å². The van der Waals surface area contributed by atoms with Crippen LogP contribution < -0.4 is 14.9 Å². The van der Waals surface area contributed by atoms with E-state index in [2.05, 4.69) is 32.9 Å². The van der Waals surface area contributed by atoms with Gasteiger partial charge in [0.05, 0.1) is 31.2 Å². The number of carbonyl (C=O) groups is 1. The van der Waals surface area contributed by atoms with Crippen LogP contribution in [0.15, 0.2) is 75.9 Å². The minimum absolute atomic E-state index is 0.00965. The minimum atomic E-state index is -0.530. The number of hydrogen-bond donors (Lipinski definition) is 0. The summed E-state index contributed by atoms with van der Waals surface area (Å²) in [5.74, 6) is 1.13. The highest BCUT2D eigenvalue weighted by Gasteiger charge is 2.42. The average Bonchev–Trinajstić information content (AvgIpc) is 3.18. The average molecular weight is 498 g/mol. The third-order valence-electron chi connectivity index (χ3n) is 7.05. The first-order valence-corrected chi connectivity index (χ1v) is 12.4. The molecule has 1 aromatic heterocycles. The van der Waals surface area contributed by atoms with E-state index in [0.717, 1.165) is 11.1 Å². The summed E-state index contributed by atoms with van der Waals surface area (Å²) < 4.78 is 16.8.